The van der Waals surface area contributed by atoms with Gasteiger partial charge >= 0.3 is 0 Å². The van der Waals surface area contributed by atoms with E-state index in [4.69, 9.17) is 14.7 Å². The summed E-state index contributed by atoms with van der Waals surface area (Å²) in [6.45, 7) is 2.33. The first kappa shape index (κ1) is 14.9. The van der Waals surface area contributed by atoms with E-state index in [0.29, 0.717) is 24.5 Å². The predicted octanol–water partition coefficient (Wildman–Crippen LogP) is 3.86. The molecule has 0 fully saturated rings. The van der Waals surface area contributed by atoms with Crippen LogP contribution in [-0.4, -0.2) is 18.0 Å². The van der Waals surface area contributed by atoms with E-state index in [1.165, 1.54) is 0 Å². The van der Waals surface area contributed by atoms with Crippen molar-refractivity contribution >= 4 is 5.71 Å². The van der Waals surface area contributed by atoms with Gasteiger partial charge in [-0.15, -0.1) is 0 Å². The molecule has 0 amide bonds. The Kier molecular flexibility index (Phi) is 5.21. The van der Waals surface area contributed by atoms with Gasteiger partial charge in [0.2, 0.25) is 0 Å². The van der Waals surface area contributed by atoms with Crippen molar-refractivity contribution in [2.75, 3.05) is 7.11 Å². The molecule has 0 aromatic heterocycles. The fraction of sp³-hybridized carbons (Fsp3) is 0.235. The topological polar surface area (TPSA) is 51.1 Å². The Morgan fingerprint density at radius 2 is 1.71 bits per heavy atom. The monoisotopic (exact) mass is 285 g/mol. The van der Waals surface area contributed by atoms with Gasteiger partial charge in [-0.2, -0.15) is 0 Å². The van der Waals surface area contributed by atoms with Gasteiger partial charge in [0, 0.05) is 11.1 Å². The lowest BCUT2D eigenvalue weighted by Gasteiger charge is -2.13. The van der Waals surface area contributed by atoms with E-state index in [0.717, 1.165) is 16.9 Å². The number of para-hydroxylation sites is 2. The molecule has 0 aliphatic heterocycles. The third-order valence-electron chi connectivity index (χ3n) is 3.23. The second kappa shape index (κ2) is 7.33. The van der Waals surface area contributed by atoms with Crippen molar-refractivity contribution in [1.82, 2.24) is 0 Å². The molecule has 0 spiro atoms. The SMILES string of the molecule is CCC(=NO)c1ccccc1OCc1ccccc1OC. The molecule has 0 saturated heterocycles. The molecule has 0 radical (unpaired) electrons. The zero-order chi connectivity index (χ0) is 15.1. The standard InChI is InChI=1S/C17H19NO3/c1-3-15(18-19)14-9-5-7-11-17(14)21-12-13-8-4-6-10-16(13)20-2/h4-11,19H,3,12H2,1-2H3. The molecule has 0 bridgehead atoms. The molecule has 4 nitrogen and oxygen atoms in total. The van der Waals surface area contributed by atoms with Crippen molar-refractivity contribution in [2.24, 2.45) is 5.16 Å². The lowest BCUT2D eigenvalue weighted by molar-refractivity contribution is 0.294. The maximum absolute atomic E-state index is 9.08. The van der Waals surface area contributed by atoms with Gasteiger partial charge in [0.05, 0.1) is 12.8 Å². The van der Waals surface area contributed by atoms with Gasteiger partial charge in [-0.3, -0.25) is 0 Å². The van der Waals surface area contributed by atoms with Crippen molar-refractivity contribution < 1.29 is 14.7 Å². The molecule has 0 aliphatic rings. The zero-order valence-corrected chi connectivity index (χ0v) is 12.2. The minimum absolute atomic E-state index is 0.392. The molecule has 21 heavy (non-hydrogen) atoms. The van der Waals surface area contributed by atoms with Crippen LogP contribution in [0.4, 0.5) is 0 Å². The van der Waals surface area contributed by atoms with Gasteiger partial charge in [-0.1, -0.05) is 42.4 Å². The summed E-state index contributed by atoms with van der Waals surface area (Å²) in [5.41, 5.74) is 2.37. The van der Waals surface area contributed by atoms with Gasteiger partial charge < -0.3 is 14.7 Å². The second-order valence-electron chi connectivity index (χ2n) is 4.50. The fourth-order valence-electron chi connectivity index (χ4n) is 2.12. The van der Waals surface area contributed by atoms with E-state index in [1.807, 2.05) is 55.5 Å². The highest BCUT2D eigenvalue weighted by Crippen LogP contribution is 2.24. The highest BCUT2D eigenvalue weighted by atomic mass is 16.5. The summed E-state index contributed by atoms with van der Waals surface area (Å²) in [6, 6.07) is 15.3. The summed E-state index contributed by atoms with van der Waals surface area (Å²) >= 11 is 0. The number of ether oxygens (including phenoxy) is 2. The molecule has 0 aliphatic carbocycles. The van der Waals surface area contributed by atoms with Crippen LogP contribution in [0.2, 0.25) is 0 Å². The Labute approximate surface area is 124 Å². The van der Waals surface area contributed by atoms with Crippen LogP contribution in [0, 0.1) is 0 Å². The van der Waals surface area contributed by atoms with Gasteiger partial charge in [0.25, 0.3) is 0 Å². The molecular weight excluding hydrogens is 266 g/mol. The third kappa shape index (κ3) is 3.54. The first-order valence-corrected chi connectivity index (χ1v) is 6.85. The van der Waals surface area contributed by atoms with Crippen LogP contribution in [0.3, 0.4) is 0 Å². The molecular formula is C17H19NO3. The van der Waals surface area contributed by atoms with Crippen molar-refractivity contribution in [3.05, 3.63) is 59.7 Å². The molecule has 2 rings (SSSR count). The van der Waals surface area contributed by atoms with Crippen LogP contribution < -0.4 is 9.47 Å². The quantitative estimate of drug-likeness (QED) is 0.498. The highest BCUT2D eigenvalue weighted by Gasteiger charge is 2.10. The number of nitrogens with zero attached hydrogens (tertiary/aromatic N) is 1. The summed E-state index contributed by atoms with van der Waals surface area (Å²) < 4.78 is 11.2. The number of methoxy groups -OCH3 is 1. The van der Waals surface area contributed by atoms with Gasteiger partial charge in [0.1, 0.15) is 18.1 Å². The number of hydrogen-bond donors (Lipinski definition) is 1. The largest absolute Gasteiger partial charge is 0.496 e. The molecule has 1 N–H and O–H groups in total. The minimum atomic E-state index is 0.392. The Hall–Kier alpha value is -2.49. The first-order valence-electron chi connectivity index (χ1n) is 6.85. The summed E-state index contributed by atoms with van der Waals surface area (Å²) in [5, 5.41) is 12.4. The number of oxime groups is 1. The Balaban J connectivity index is 2.21. The van der Waals surface area contributed by atoms with Gasteiger partial charge in [0.15, 0.2) is 0 Å². The molecule has 4 heteroatoms. The average molecular weight is 285 g/mol. The summed E-state index contributed by atoms with van der Waals surface area (Å²) in [6.07, 6.45) is 0.630. The highest BCUT2D eigenvalue weighted by molar-refractivity contribution is 6.02. The minimum Gasteiger partial charge on any atom is -0.496 e. The Bertz CT molecular complexity index is 623. The molecule has 0 heterocycles. The van der Waals surface area contributed by atoms with E-state index in [2.05, 4.69) is 5.16 Å². The fourth-order valence-corrected chi connectivity index (χ4v) is 2.12. The maximum Gasteiger partial charge on any atom is 0.128 e. The summed E-state index contributed by atoms with van der Waals surface area (Å²) in [7, 11) is 1.64. The van der Waals surface area contributed by atoms with E-state index in [-0.39, 0.29) is 0 Å². The van der Waals surface area contributed by atoms with Crippen LogP contribution in [-0.2, 0) is 6.61 Å². The van der Waals surface area contributed by atoms with Crippen LogP contribution >= 0.6 is 0 Å². The zero-order valence-electron chi connectivity index (χ0n) is 12.2. The van der Waals surface area contributed by atoms with Crippen molar-refractivity contribution in [3.8, 4) is 11.5 Å². The lowest BCUT2D eigenvalue weighted by Crippen LogP contribution is -2.05. The summed E-state index contributed by atoms with van der Waals surface area (Å²) in [4.78, 5) is 0. The molecule has 0 atom stereocenters. The van der Waals surface area contributed by atoms with E-state index in [9.17, 15) is 0 Å². The first-order chi connectivity index (χ1) is 10.3. The molecule has 110 valence electrons. The lowest BCUT2D eigenvalue weighted by atomic mass is 10.1. The molecule has 2 aromatic rings. The van der Waals surface area contributed by atoms with Crippen molar-refractivity contribution in [2.45, 2.75) is 20.0 Å². The maximum atomic E-state index is 9.08. The van der Waals surface area contributed by atoms with Crippen LogP contribution in [0.5, 0.6) is 11.5 Å². The van der Waals surface area contributed by atoms with Crippen molar-refractivity contribution in [3.63, 3.8) is 0 Å². The van der Waals surface area contributed by atoms with Crippen molar-refractivity contribution in [1.29, 1.82) is 0 Å². The van der Waals surface area contributed by atoms with Gasteiger partial charge in [-0.05, 0) is 24.6 Å². The number of benzene rings is 2. The number of rotatable bonds is 6. The van der Waals surface area contributed by atoms with E-state index < -0.39 is 0 Å². The van der Waals surface area contributed by atoms with Gasteiger partial charge in [-0.25, -0.2) is 0 Å². The van der Waals surface area contributed by atoms with Crippen LogP contribution in [0.15, 0.2) is 53.7 Å². The smallest absolute Gasteiger partial charge is 0.128 e. The molecule has 0 unspecified atom stereocenters. The predicted molar refractivity (Wildman–Crippen MR) is 82.4 cm³/mol. The van der Waals surface area contributed by atoms with Crippen LogP contribution in [0.1, 0.15) is 24.5 Å². The molecule has 0 saturated carbocycles. The summed E-state index contributed by atoms with van der Waals surface area (Å²) in [5.74, 6) is 1.49. The van der Waals surface area contributed by atoms with E-state index in [1.54, 1.807) is 7.11 Å². The second-order valence-corrected chi connectivity index (χ2v) is 4.50. The Morgan fingerprint density at radius 1 is 1.05 bits per heavy atom. The van der Waals surface area contributed by atoms with E-state index >= 15 is 0 Å². The van der Waals surface area contributed by atoms with Crippen LogP contribution in [0.25, 0.3) is 0 Å². The normalized spacial score (nSPS) is 11.2. The Morgan fingerprint density at radius 3 is 2.38 bits per heavy atom. The third-order valence-corrected chi connectivity index (χ3v) is 3.23. The number of hydrogen-bond acceptors (Lipinski definition) is 4. The molecule has 2 aromatic carbocycles. The average Bonchev–Trinajstić information content (AvgIpc) is 2.55.